The zero-order valence-electron chi connectivity index (χ0n) is 9.12. The number of aliphatic hydroxyl groups excluding tert-OH is 1. The van der Waals surface area contributed by atoms with Gasteiger partial charge in [-0.1, -0.05) is 11.6 Å². The molecular weight excluding hydrogens is 228 g/mol. The number of benzene rings is 1. The number of rotatable bonds is 2. The van der Waals surface area contributed by atoms with E-state index in [2.05, 4.69) is 4.98 Å². The zero-order chi connectivity index (χ0) is 11.9. The van der Waals surface area contributed by atoms with Gasteiger partial charge >= 0.3 is 0 Å². The molecule has 0 amide bonds. The Balaban J connectivity index is 2.61. The predicted octanol–water partition coefficient (Wildman–Crippen LogP) is 2.33. The van der Waals surface area contributed by atoms with Gasteiger partial charge in [-0.3, -0.25) is 0 Å². The number of nitrogen functional groups attached to an aromatic ring is 1. The van der Waals surface area contributed by atoms with Gasteiger partial charge in [0.2, 0.25) is 5.89 Å². The van der Waals surface area contributed by atoms with Crippen molar-refractivity contribution in [2.75, 3.05) is 12.3 Å². The Morgan fingerprint density at radius 1 is 1.50 bits per heavy atom. The predicted molar refractivity (Wildman–Crippen MR) is 63.5 cm³/mol. The molecule has 2 aromatic rings. The molecule has 0 atom stereocenters. The molecule has 0 unspecified atom stereocenters. The van der Waals surface area contributed by atoms with Crippen LogP contribution in [0.15, 0.2) is 16.5 Å². The first-order chi connectivity index (χ1) is 7.44. The number of anilines is 1. The maximum Gasteiger partial charge on any atom is 0.203 e. The summed E-state index contributed by atoms with van der Waals surface area (Å²) in [5.74, 6) is 0.478. The number of halogens is 1. The highest BCUT2D eigenvalue weighted by molar-refractivity contribution is 6.33. The third-order valence-electron chi connectivity index (χ3n) is 2.48. The second-order valence-corrected chi connectivity index (χ2v) is 4.81. The molecule has 1 heterocycles. The van der Waals surface area contributed by atoms with E-state index in [-0.39, 0.29) is 6.61 Å². The fraction of sp³-hybridized carbons (Fsp3) is 0.364. The molecule has 4 nitrogen and oxygen atoms in total. The summed E-state index contributed by atoms with van der Waals surface area (Å²) in [4.78, 5) is 4.29. The van der Waals surface area contributed by atoms with E-state index in [0.717, 1.165) is 0 Å². The van der Waals surface area contributed by atoms with Gasteiger partial charge in [0.25, 0.3) is 0 Å². The third kappa shape index (κ3) is 1.74. The maximum absolute atomic E-state index is 9.23. The summed E-state index contributed by atoms with van der Waals surface area (Å²) in [5, 5.41) is 9.68. The van der Waals surface area contributed by atoms with Gasteiger partial charge in [0.15, 0.2) is 5.58 Å². The largest absolute Gasteiger partial charge is 0.440 e. The molecule has 16 heavy (non-hydrogen) atoms. The van der Waals surface area contributed by atoms with E-state index >= 15 is 0 Å². The molecule has 0 radical (unpaired) electrons. The van der Waals surface area contributed by atoms with Gasteiger partial charge in [-0.15, -0.1) is 0 Å². The first-order valence-electron chi connectivity index (χ1n) is 4.91. The van der Waals surface area contributed by atoms with Crippen molar-refractivity contribution >= 4 is 28.4 Å². The lowest BCUT2D eigenvalue weighted by Gasteiger charge is -2.15. The van der Waals surface area contributed by atoms with Gasteiger partial charge in [-0.2, -0.15) is 0 Å². The number of aliphatic hydroxyl groups is 1. The van der Waals surface area contributed by atoms with Gasteiger partial charge in [0, 0.05) is 6.07 Å². The molecule has 5 heteroatoms. The Morgan fingerprint density at radius 3 is 2.81 bits per heavy atom. The van der Waals surface area contributed by atoms with E-state index in [0.29, 0.717) is 27.7 Å². The SMILES string of the molecule is CC(C)(CO)c1nc2cc(Cl)c(N)cc2o1. The van der Waals surface area contributed by atoms with Crippen LogP contribution in [-0.4, -0.2) is 16.7 Å². The highest BCUT2D eigenvalue weighted by Crippen LogP contribution is 2.30. The summed E-state index contributed by atoms with van der Waals surface area (Å²) < 4.78 is 5.55. The van der Waals surface area contributed by atoms with Crippen LogP contribution in [0.4, 0.5) is 5.69 Å². The molecule has 0 saturated carbocycles. The quantitative estimate of drug-likeness (QED) is 0.791. The number of oxazole rings is 1. The fourth-order valence-corrected chi connectivity index (χ4v) is 1.48. The van der Waals surface area contributed by atoms with Crippen molar-refractivity contribution in [3.05, 3.63) is 23.0 Å². The molecule has 0 fully saturated rings. The summed E-state index contributed by atoms with van der Waals surface area (Å²) in [7, 11) is 0. The lowest BCUT2D eigenvalue weighted by atomic mass is 9.95. The molecule has 0 aliphatic heterocycles. The Hall–Kier alpha value is -1.26. The van der Waals surface area contributed by atoms with Crippen LogP contribution in [-0.2, 0) is 5.41 Å². The van der Waals surface area contributed by atoms with Crippen molar-refractivity contribution in [1.82, 2.24) is 4.98 Å². The van der Waals surface area contributed by atoms with E-state index in [4.69, 9.17) is 21.8 Å². The lowest BCUT2D eigenvalue weighted by molar-refractivity contribution is 0.194. The molecular formula is C11H13ClN2O2. The van der Waals surface area contributed by atoms with Crippen molar-refractivity contribution in [1.29, 1.82) is 0 Å². The molecule has 0 bridgehead atoms. The van der Waals surface area contributed by atoms with Gasteiger partial charge in [0.05, 0.1) is 22.7 Å². The number of aromatic nitrogens is 1. The van der Waals surface area contributed by atoms with Crippen molar-refractivity contribution in [3.8, 4) is 0 Å². The molecule has 3 N–H and O–H groups in total. The first kappa shape index (κ1) is 11.2. The zero-order valence-corrected chi connectivity index (χ0v) is 9.88. The first-order valence-corrected chi connectivity index (χ1v) is 5.29. The van der Waals surface area contributed by atoms with E-state index in [1.807, 2.05) is 13.8 Å². The van der Waals surface area contributed by atoms with Gasteiger partial charge in [0.1, 0.15) is 5.52 Å². The van der Waals surface area contributed by atoms with E-state index in [1.165, 1.54) is 0 Å². The number of nitrogens with two attached hydrogens (primary N) is 1. The average molecular weight is 241 g/mol. The molecule has 86 valence electrons. The second-order valence-electron chi connectivity index (χ2n) is 4.40. The number of hydrogen-bond acceptors (Lipinski definition) is 4. The summed E-state index contributed by atoms with van der Waals surface area (Å²) in [6, 6.07) is 3.30. The average Bonchev–Trinajstić information content (AvgIpc) is 2.62. The normalized spacial score (nSPS) is 12.2. The maximum atomic E-state index is 9.23. The van der Waals surface area contributed by atoms with Crippen LogP contribution >= 0.6 is 11.6 Å². The van der Waals surface area contributed by atoms with Crippen molar-refractivity contribution in [2.24, 2.45) is 0 Å². The summed E-state index contributed by atoms with van der Waals surface area (Å²) in [6.07, 6.45) is 0. The van der Waals surface area contributed by atoms with Gasteiger partial charge in [-0.05, 0) is 19.9 Å². The minimum absolute atomic E-state index is 0.0387. The minimum atomic E-state index is -0.514. The van der Waals surface area contributed by atoms with Crippen molar-refractivity contribution in [3.63, 3.8) is 0 Å². The van der Waals surface area contributed by atoms with Crippen molar-refractivity contribution in [2.45, 2.75) is 19.3 Å². The van der Waals surface area contributed by atoms with Crippen LogP contribution in [0.2, 0.25) is 5.02 Å². The van der Waals surface area contributed by atoms with Crippen LogP contribution in [0.1, 0.15) is 19.7 Å². The van der Waals surface area contributed by atoms with E-state index < -0.39 is 5.41 Å². The number of hydrogen-bond donors (Lipinski definition) is 2. The van der Waals surface area contributed by atoms with Crippen LogP contribution in [0.5, 0.6) is 0 Å². The van der Waals surface area contributed by atoms with Crippen LogP contribution in [0.25, 0.3) is 11.1 Å². The Labute approximate surface area is 98.0 Å². The molecule has 0 aliphatic rings. The lowest BCUT2D eigenvalue weighted by Crippen LogP contribution is -2.22. The second kappa shape index (κ2) is 3.64. The highest BCUT2D eigenvalue weighted by atomic mass is 35.5. The summed E-state index contributed by atoms with van der Waals surface area (Å²) in [5.41, 5.74) is 6.84. The Bertz CT molecular complexity index is 495. The Morgan fingerprint density at radius 2 is 2.19 bits per heavy atom. The summed E-state index contributed by atoms with van der Waals surface area (Å²) >= 11 is 5.89. The number of fused-ring (bicyclic) bond motifs is 1. The topological polar surface area (TPSA) is 72.3 Å². The minimum Gasteiger partial charge on any atom is -0.440 e. The van der Waals surface area contributed by atoms with E-state index in [1.54, 1.807) is 12.1 Å². The smallest absolute Gasteiger partial charge is 0.203 e. The molecule has 0 spiro atoms. The molecule has 2 rings (SSSR count). The highest BCUT2D eigenvalue weighted by Gasteiger charge is 2.26. The van der Waals surface area contributed by atoms with Crippen molar-refractivity contribution < 1.29 is 9.52 Å². The van der Waals surface area contributed by atoms with Crippen LogP contribution in [0, 0.1) is 0 Å². The van der Waals surface area contributed by atoms with Gasteiger partial charge < -0.3 is 15.3 Å². The van der Waals surface area contributed by atoms with E-state index in [9.17, 15) is 5.11 Å². The molecule has 0 aliphatic carbocycles. The standard InChI is InChI=1S/C11H13ClN2O2/c1-11(2,5-15)10-14-8-3-6(12)7(13)4-9(8)16-10/h3-4,15H,5,13H2,1-2H3. The fourth-order valence-electron chi connectivity index (χ4n) is 1.32. The number of nitrogens with zero attached hydrogens (tertiary/aromatic N) is 1. The van der Waals surface area contributed by atoms with Gasteiger partial charge in [-0.25, -0.2) is 4.98 Å². The van der Waals surface area contributed by atoms with Crippen LogP contribution < -0.4 is 5.73 Å². The molecule has 0 saturated heterocycles. The van der Waals surface area contributed by atoms with Crippen LogP contribution in [0.3, 0.4) is 0 Å². The summed E-state index contributed by atoms with van der Waals surface area (Å²) in [6.45, 7) is 3.66. The third-order valence-corrected chi connectivity index (χ3v) is 2.81. The molecule has 1 aromatic heterocycles. The molecule has 1 aromatic carbocycles. The Kier molecular flexibility index (Phi) is 2.56. The monoisotopic (exact) mass is 240 g/mol.